The number of hydrogen-bond donors (Lipinski definition) is 0. The third kappa shape index (κ3) is 4.57. The Kier molecular flexibility index (Phi) is 6.19. The van der Waals surface area contributed by atoms with Gasteiger partial charge in [0.2, 0.25) is 5.91 Å². The first-order chi connectivity index (χ1) is 13.9. The van der Waals surface area contributed by atoms with Gasteiger partial charge >= 0.3 is 5.97 Å². The first-order valence-corrected chi connectivity index (χ1v) is 9.82. The van der Waals surface area contributed by atoms with E-state index in [9.17, 15) is 14.4 Å². The Morgan fingerprint density at radius 1 is 1.10 bits per heavy atom. The normalized spacial score (nSPS) is 10.4. The van der Waals surface area contributed by atoms with Gasteiger partial charge in [-0.2, -0.15) is 0 Å². The lowest BCUT2D eigenvalue weighted by molar-refractivity contribution is -0.115. The minimum atomic E-state index is -0.504. The second-order valence-corrected chi connectivity index (χ2v) is 7.37. The minimum absolute atomic E-state index is 0.0107. The van der Waals surface area contributed by atoms with E-state index < -0.39 is 5.97 Å². The van der Waals surface area contributed by atoms with Gasteiger partial charge in [-0.1, -0.05) is 30.3 Å². The van der Waals surface area contributed by atoms with Crippen LogP contribution in [0.25, 0.3) is 0 Å². The van der Waals surface area contributed by atoms with Crippen LogP contribution in [0.1, 0.15) is 44.5 Å². The van der Waals surface area contributed by atoms with Gasteiger partial charge in [0.15, 0.2) is 5.13 Å². The van der Waals surface area contributed by atoms with Gasteiger partial charge in [0.25, 0.3) is 0 Å². The maximum Gasteiger partial charge on any atom is 0.338 e. The van der Waals surface area contributed by atoms with Gasteiger partial charge in [0.1, 0.15) is 12.9 Å². The molecule has 2 aromatic carbocycles. The molecule has 7 heteroatoms. The first kappa shape index (κ1) is 20.4. The Labute approximate surface area is 172 Å². The van der Waals surface area contributed by atoms with Crippen LogP contribution in [0.5, 0.6) is 0 Å². The number of aromatic nitrogens is 1. The monoisotopic (exact) mass is 408 g/mol. The molecule has 0 saturated heterocycles. The lowest BCUT2D eigenvalue weighted by atomic mass is 10.1. The van der Waals surface area contributed by atoms with Crippen molar-refractivity contribution < 1.29 is 19.1 Å². The highest BCUT2D eigenvalue weighted by Crippen LogP contribution is 2.33. The van der Waals surface area contributed by atoms with Crippen molar-refractivity contribution in [2.75, 3.05) is 4.90 Å². The smallest absolute Gasteiger partial charge is 0.338 e. The minimum Gasteiger partial charge on any atom is -0.456 e. The molecule has 6 nitrogen and oxygen atoms in total. The topological polar surface area (TPSA) is 76.6 Å². The molecule has 0 aliphatic heterocycles. The molecule has 0 aliphatic carbocycles. The van der Waals surface area contributed by atoms with Crippen LogP contribution in [0, 0.1) is 13.8 Å². The van der Waals surface area contributed by atoms with Gasteiger partial charge in [-0.3, -0.25) is 14.5 Å². The van der Waals surface area contributed by atoms with Crippen molar-refractivity contribution in [1.29, 1.82) is 0 Å². The number of para-hydroxylation sites is 1. The molecule has 29 heavy (non-hydrogen) atoms. The van der Waals surface area contributed by atoms with E-state index in [1.165, 1.54) is 30.4 Å². The summed E-state index contributed by atoms with van der Waals surface area (Å²) in [6.07, 6.45) is 0.711. The van der Waals surface area contributed by atoms with Crippen LogP contribution >= 0.6 is 11.3 Å². The number of ether oxygens (including phenoxy) is 1. The molecule has 0 N–H and O–H groups in total. The van der Waals surface area contributed by atoms with Gasteiger partial charge < -0.3 is 4.74 Å². The summed E-state index contributed by atoms with van der Waals surface area (Å²) in [6, 6.07) is 12.0. The lowest BCUT2D eigenvalue weighted by Gasteiger charge is -2.22. The molecular formula is C22H20N2O4S. The summed E-state index contributed by atoms with van der Waals surface area (Å²) in [7, 11) is 0. The van der Waals surface area contributed by atoms with Crippen molar-refractivity contribution in [2.24, 2.45) is 0 Å². The average molecular weight is 408 g/mol. The van der Waals surface area contributed by atoms with Crippen LogP contribution < -0.4 is 4.90 Å². The molecule has 1 amide bonds. The quantitative estimate of drug-likeness (QED) is 0.440. The second kappa shape index (κ2) is 8.79. The van der Waals surface area contributed by atoms with Crippen LogP contribution in [0.4, 0.5) is 10.8 Å². The van der Waals surface area contributed by atoms with Gasteiger partial charge in [-0.05, 0) is 37.1 Å². The molecule has 0 fully saturated rings. The fourth-order valence-electron chi connectivity index (χ4n) is 2.93. The Morgan fingerprint density at radius 2 is 1.76 bits per heavy atom. The standard InChI is InChI=1S/C22H20N2O4S/c1-14-5-4-6-15(2)20(14)24(16(3)26)22-23-19(13-29-22)12-28-21(27)18-9-7-17(11-25)8-10-18/h4-11,13H,12H2,1-3H3. The average Bonchev–Trinajstić information content (AvgIpc) is 3.17. The number of anilines is 2. The molecule has 3 aromatic rings. The zero-order valence-electron chi connectivity index (χ0n) is 16.3. The van der Waals surface area contributed by atoms with E-state index >= 15 is 0 Å². The highest BCUT2D eigenvalue weighted by molar-refractivity contribution is 7.14. The van der Waals surface area contributed by atoms with Gasteiger partial charge in [0.05, 0.1) is 16.9 Å². The van der Waals surface area contributed by atoms with E-state index in [-0.39, 0.29) is 12.5 Å². The molecule has 3 rings (SSSR count). The Morgan fingerprint density at radius 3 is 2.34 bits per heavy atom. The Balaban J connectivity index is 1.75. The van der Waals surface area contributed by atoms with E-state index in [0.717, 1.165) is 16.8 Å². The van der Waals surface area contributed by atoms with Crippen molar-refractivity contribution in [3.63, 3.8) is 0 Å². The Hall–Kier alpha value is -3.32. The number of esters is 1. The third-order valence-corrected chi connectivity index (χ3v) is 5.22. The fraction of sp³-hybridized carbons (Fsp3) is 0.182. The summed E-state index contributed by atoms with van der Waals surface area (Å²) in [4.78, 5) is 41.3. The highest BCUT2D eigenvalue weighted by Gasteiger charge is 2.21. The number of carbonyl (C=O) groups excluding carboxylic acids is 3. The summed E-state index contributed by atoms with van der Waals surface area (Å²) in [5.41, 5.74) is 4.16. The molecule has 0 spiro atoms. The van der Waals surface area contributed by atoms with E-state index in [4.69, 9.17) is 4.74 Å². The maximum atomic E-state index is 12.3. The fourth-order valence-corrected chi connectivity index (χ4v) is 3.79. The van der Waals surface area contributed by atoms with Crippen molar-refractivity contribution in [3.05, 3.63) is 75.8 Å². The molecule has 0 saturated carbocycles. The molecule has 0 unspecified atom stereocenters. The van der Waals surface area contributed by atoms with Crippen molar-refractivity contribution in [2.45, 2.75) is 27.4 Å². The van der Waals surface area contributed by atoms with E-state index in [1.807, 2.05) is 32.0 Å². The summed E-state index contributed by atoms with van der Waals surface area (Å²) in [6.45, 7) is 5.38. The molecule has 0 atom stereocenters. The van der Waals surface area contributed by atoms with Crippen LogP contribution in [0.2, 0.25) is 0 Å². The first-order valence-electron chi connectivity index (χ1n) is 8.94. The number of rotatable bonds is 6. The summed E-state index contributed by atoms with van der Waals surface area (Å²) in [5, 5.41) is 2.29. The number of aryl methyl sites for hydroxylation is 2. The van der Waals surface area contributed by atoms with Gasteiger partial charge in [-0.15, -0.1) is 11.3 Å². The number of hydrogen-bond acceptors (Lipinski definition) is 6. The van der Waals surface area contributed by atoms with Crippen molar-refractivity contribution in [3.8, 4) is 0 Å². The van der Waals surface area contributed by atoms with Crippen LogP contribution in [0.3, 0.4) is 0 Å². The molecule has 0 aliphatic rings. The lowest BCUT2D eigenvalue weighted by Crippen LogP contribution is -2.24. The number of carbonyl (C=O) groups is 3. The SMILES string of the molecule is CC(=O)N(c1nc(COC(=O)c2ccc(C=O)cc2)cs1)c1c(C)cccc1C. The number of benzene rings is 2. The molecule has 1 aromatic heterocycles. The molecule has 0 radical (unpaired) electrons. The summed E-state index contributed by atoms with van der Waals surface area (Å²) >= 11 is 1.31. The van der Waals surface area contributed by atoms with E-state index in [1.54, 1.807) is 22.4 Å². The Bertz CT molecular complexity index is 1040. The van der Waals surface area contributed by atoms with Crippen LogP contribution in [-0.2, 0) is 16.1 Å². The summed E-state index contributed by atoms with van der Waals surface area (Å²) < 4.78 is 5.31. The molecule has 0 bridgehead atoms. The zero-order chi connectivity index (χ0) is 21.0. The number of aldehydes is 1. The largest absolute Gasteiger partial charge is 0.456 e. The molecule has 1 heterocycles. The highest BCUT2D eigenvalue weighted by atomic mass is 32.1. The number of thiazole rings is 1. The predicted octanol–water partition coefficient (Wildman–Crippen LogP) is 4.61. The summed E-state index contributed by atoms with van der Waals surface area (Å²) in [5.74, 6) is -0.647. The zero-order valence-corrected chi connectivity index (χ0v) is 17.2. The third-order valence-electron chi connectivity index (χ3n) is 4.34. The van der Waals surface area contributed by atoms with Crippen molar-refractivity contribution >= 4 is 40.3 Å². The van der Waals surface area contributed by atoms with Crippen LogP contribution in [-0.4, -0.2) is 23.1 Å². The van der Waals surface area contributed by atoms with E-state index in [2.05, 4.69) is 4.98 Å². The van der Waals surface area contributed by atoms with Gasteiger partial charge in [-0.25, -0.2) is 9.78 Å². The second-order valence-electron chi connectivity index (χ2n) is 6.53. The predicted molar refractivity (Wildman–Crippen MR) is 112 cm³/mol. The van der Waals surface area contributed by atoms with Crippen LogP contribution in [0.15, 0.2) is 47.8 Å². The maximum absolute atomic E-state index is 12.3. The van der Waals surface area contributed by atoms with E-state index in [0.29, 0.717) is 28.2 Å². The van der Waals surface area contributed by atoms with Crippen molar-refractivity contribution in [1.82, 2.24) is 4.98 Å². The number of amides is 1. The van der Waals surface area contributed by atoms with Gasteiger partial charge in [0, 0.05) is 17.9 Å². The molecular weight excluding hydrogens is 388 g/mol. The number of nitrogens with zero attached hydrogens (tertiary/aromatic N) is 2. The molecule has 148 valence electrons.